The summed E-state index contributed by atoms with van der Waals surface area (Å²) in [5.74, 6) is 0. The van der Waals surface area contributed by atoms with Gasteiger partial charge in [-0.25, -0.2) is 4.98 Å². The van der Waals surface area contributed by atoms with Crippen molar-refractivity contribution >= 4 is 11.3 Å². The van der Waals surface area contributed by atoms with Gasteiger partial charge in [-0.3, -0.25) is 0 Å². The Kier molecular flexibility index (Phi) is 3.44. The molecule has 0 aliphatic rings. The van der Waals surface area contributed by atoms with Crippen molar-refractivity contribution in [1.82, 2.24) is 4.98 Å². The standard InChI is InChI=1S/C15H13NO2S/c17-14(12-6-7-18-9-12)8-15-16-13(10-19-15)11-4-2-1-3-5-11/h1-7,9-10,14,17H,8H2. The van der Waals surface area contributed by atoms with E-state index in [9.17, 15) is 5.11 Å². The molecule has 3 aromatic rings. The summed E-state index contributed by atoms with van der Waals surface area (Å²) < 4.78 is 4.97. The van der Waals surface area contributed by atoms with Gasteiger partial charge in [0, 0.05) is 22.9 Å². The van der Waals surface area contributed by atoms with Gasteiger partial charge in [0.25, 0.3) is 0 Å². The van der Waals surface area contributed by atoms with E-state index in [1.165, 1.54) is 0 Å². The molecule has 2 heterocycles. The summed E-state index contributed by atoms with van der Waals surface area (Å²) in [4.78, 5) is 4.56. The molecule has 0 spiro atoms. The lowest BCUT2D eigenvalue weighted by Crippen LogP contribution is -1.99. The van der Waals surface area contributed by atoms with Crippen LogP contribution in [0.4, 0.5) is 0 Å². The molecule has 0 saturated heterocycles. The van der Waals surface area contributed by atoms with Gasteiger partial charge in [-0.05, 0) is 6.07 Å². The molecule has 4 heteroatoms. The molecular weight excluding hydrogens is 258 g/mol. The monoisotopic (exact) mass is 271 g/mol. The first kappa shape index (κ1) is 12.1. The SMILES string of the molecule is OC(Cc1nc(-c2ccccc2)cs1)c1ccoc1. The van der Waals surface area contributed by atoms with Gasteiger partial charge in [-0.2, -0.15) is 0 Å². The third kappa shape index (κ3) is 2.75. The molecule has 1 unspecified atom stereocenters. The maximum absolute atomic E-state index is 10.0. The van der Waals surface area contributed by atoms with Crippen LogP contribution in [0.1, 0.15) is 16.7 Å². The highest BCUT2D eigenvalue weighted by atomic mass is 32.1. The van der Waals surface area contributed by atoms with Crippen molar-refractivity contribution in [3.8, 4) is 11.3 Å². The van der Waals surface area contributed by atoms with E-state index in [-0.39, 0.29) is 0 Å². The molecule has 0 saturated carbocycles. The first-order valence-corrected chi connectivity index (χ1v) is 6.91. The van der Waals surface area contributed by atoms with Crippen LogP contribution in [0, 0.1) is 0 Å². The minimum Gasteiger partial charge on any atom is -0.472 e. The van der Waals surface area contributed by atoms with E-state index >= 15 is 0 Å². The van der Waals surface area contributed by atoms with E-state index < -0.39 is 6.10 Å². The topological polar surface area (TPSA) is 46.3 Å². The average molecular weight is 271 g/mol. The van der Waals surface area contributed by atoms with Crippen LogP contribution in [0.5, 0.6) is 0 Å². The Morgan fingerprint density at radius 2 is 2.05 bits per heavy atom. The van der Waals surface area contributed by atoms with Crippen LogP contribution < -0.4 is 0 Å². The van der Waals surface area contributed by atoms with Crippen LogP contribution in [0.2, 0.25) is 0 Å². The molecule has 1 atom stereocenters. The van der Waals surface area contributed by atoms with Crippen molar-refractivity contribution in [2.45, 2.75) is 12.5 Å². The lowest BCUT2D eigenvalue weighted by Gasteiger charge is -2.04. The number of aliphatic hydroxyl groups is 1. The third-order valence-corrected chi connectivity index (χ3v) is 3.79. The summed E-state index contributed by atoms with van der Waals surface area (Å²) in [7, 11) is 0. The fraction of sp³-hybridized carbons (Fsp3) is 0.133. The van der Waals surface area contributed by atoms with Crippen molar-refractivity contribution in [3.63, 3.8) is 0 Å². The van der Waals surface area contributed by atoms with E-state index in [1.54, 1.807) is 29.9 Å². The smallest absolute Gasteiger partial charge is 0.0961 e. The molecule has 19 heavy (non-hydrogen) atoms. The Morgan fingerprint density at radius 3 is 2.79 bits per heavy atom. The summed E-state index contributed by atoms with van der Waals surface area (Å²) in [6.07, 6.45) is 3.08. The number of furan rings is 1. The van der Waals surface area contributed by atoms with E-state index in [4.69, 9.17) is 4.42 Å². The van der Waals surface area contributed by atoms with Gasteiger partial charge >= 0.3 is 0 Å². The number of benzene rings is 1. The molecule has 3 nitrogen and oxygen atoms in total. The molecule has 1 N–H and O–H groups in total. The number of nitrogens with zero attached hydrogens (tertiary/aromatic N) is 1. The molecule has 0 radical (unpaired) electrons. The highest BCUT2D eigenvalue weighted by molar-refractivity contribution is 7.09. The van der Waals surface area contributed by atoms with Crippen LogP contribution in [-0.2, 0) is 6.42 Å². The van der Waals surface area contributed by atoms with Gasteiger partial charge in [-0.15, -0.1) is 11.3 Å². The normalized spacial score (nSPS) is 12.5. The van der Waals surface area contributed by atoms with E-state index in [0.717, 1.165) is 21.8 Å². The molecule has 0 amide bonds. The first-order valence-electron chi connectivity index (χ1n) is 6.03. The molecule has 1 aromatic carbocycles. The molecule has 3 rings (SSSR count). The van der Waals surface area contributed by atoms with E-state index in [0.29, 0.717) is 6.42 Å². The quantitative estimate of drug-likeness (QED) is 0.787. The zero-order valence-electron chi connectivity index (χ0n) is 10.2. The van der Waals surface area contributed by atoms with E-state index in [1.807, 2.05) is 35.7 Å². The first-order chi connectivity index (χ1) is 9.33. The summed E-state index contributed by atoms with van der Waals surface area (Å²) in [6.45, 7) is 0. The number of aliphatic hydroxyl groups excluding tert-OH is 1. The molecule has 0 aliphatic carbocycles. The third-order valence-electron chi connectivity index (χ3n) is 2.92. The average Bonchev–Trinajstić information content (AvgIpc) is 3.11. The van der Waals surface area contributed by atoms with E-state index in [2.05, 4.69) is 4.98 Å². The number of rotatable bonds is 4. The van der Waals surface area contributed by atoms with Gasteiger partial charge in [-0.1, -0.05) is 30.3 Å². The van der Waals surface area contributed by atoms with Crippen LogP contribution in [-0.4, -0.2) is 10.1 Å². The number of hydrogen-bond acceptors (Lipinski definition) is 4. The second-order valence-electron chi connectivity index (χ2n) is 4.27. The minimum absolute atomic E-state index is 0.511. The van der Waals surface area contributed by atoms with Gasteiger partial charge in [0.2, 0.25) is 0 Å². The lowest BCUT2D eigenvalue weighted by atomic mass is 10.1. The highest BCUT2D eigenvalue weighted by Gasteiger charge is 2.13. The Bertz CT molecular complexity index is 631. The molecule has 0 aliphatic heterocycles. The molecular formula is C15H13NO2S. The molecule has 96 valence electrons. The molecule has 0 bridgehead atoms. The maximum Gasteiger partial charge on any atom is 0.0961 e. The Hall–Kier alpha value is -1.91. The fourth-order valence-corrected chi connectivity index (χ4v) is 2.74. The van der Waals surface area contributed by atoms with Crippen LogP contribution in [0.3, 0.4) is 0 Å². The van der Waals surface area contributed by atoms with Crippen molar-refractivity contribution in [2.24, 2.45) is 0 Å². The number of thiazole rings is 1. The molecule has 2 aromatic heterocycles. The van der Waals surface area contributed by atoms with Crippen molar-refractivity contribution in [1.29, 1.82) is 0 Å². The predicted molar refractivity (Wildman–Crippen MR) is 74.9 cm³/mol. The fourth-order valence-electron chi connectivity index (χ4n) is 1.89. The highest BCUT2D eigenvalue weighted by Crippen LogP contribution is 2.25. The van der Waals surface area contributed by atoms with Crippen molar-refractivity contribution in [3.05, 3.63) is 64.9 Å². The predicted octanol–water partition coefficient (Wildman–Crippen LogP) is 3.68. The zero-order chi connectivity index (χ0) is 13.1. The summed E-state index contributed by atoms with van der Waals surface area (Å²) in [5, 5.41) is 13.0. The van der Waals surface area contributed by atoms with Crippen LogP contribution in [0.25, 0.3) is 11.3 Å². The number of hydrogen-bond donors (Lipinski definition) is 1. The van der Waals surface area contributed by atoms with Gasteiger partial charge < -0.3 is 9.52 Å². The minimum atomic E-state index is -0.562. The second kappa shape index (κ2) is 5.38. The van der Waals surface area contributed by atoms with Crippen molar-refractivity contribution < 1.29 is 9.52 Å². The summed E-state index contributed by atoms with van der Waals surface area (Å²) in [5.41, 5.74) is 2.85. The zero-order valence-corrected chi connectivity index (χ0v) is 11.0. The van der Waals surface area contributed by atoms with Crippen LogP contribution >= 0.6 is 11.3 Å². The number of aromatic nitrogens is 1. The van der Waals surface area contributed by atoms with Gasteiger partial charge in [0.15, 0.2) is 0 Å². The summed E-state index contributed by atoms with van der Waals surface area (Å²) in [6, 6.07) is 11.8. The largest absolute Gasteiger partial charge is 0.472 e. The van der Waals surface area contributed by atoms with Gasteiger partial charge in [0.1, 0.15) is 0 Å². The maximum atomic E-state index is 10.0. The second-order valence-corrected chi connectivity index (χ2v) is 5.21. The molecule has 0 fully saturated rings. The Balaban J connectivity index is 1.75. The Labute approximate surface area is 115 Å². The van der Waals surface area contributed by atoms with Crippen LogP contribution in [0.15, 0.2) is 58.7 Å². The Morgan fingerprint density at radius 1 is 1.21 bits per heavy atom. The summed E-state index contributed by atoms with van der Waals surface area (Å²) >= 11 is 1.57. The van der Waals surface area contributed by atoms with Crippen molar-refractivity contribution in [2.75, 3.05) is 0 Å². The van der Waals surface area contributed by atoms with Gasteiger partial charge in [0.05, 0.1) is 29.3 Å². The lowest BCUT2D eigenvalue weighted by molar-refractivity contribution is 0.177.